The molecule has 154 valence electrons. The van der Waals surface area contributed by atoms with Crippen LogP contribution in [0.3, 0.4) is 0 Å². The molecular formula is C24H24BrN3OS. The van der Waals surface area contributed by atoms with E-state index in [0.717, 1.165) is 62.4 Å². The summed E-state index contributed by atoms with van der Waals surface area (Å²) in [5, 5.41) is 0.813. The summed E-state index contributed by atoms with van der Waals surface area (Å²) in [4.78, 5) is 25.3. The minimum absolute atomic E-state index is 0.185. The summed E-state index contributed by atoms with van der Waals surface area (Å²) < 4.78 is 2.14. The molecule has 30 heavy (non-hydrogen) atoms. The summed E-state index contributed by atoms with van der Waals surface area (Å²) in [5.74, 6) is 2.52. The molecule has 0 radical (unpaired) electrons. The van der Waals surface area contributed by atoms with Crippen LogP contribution in [-0.2, 0) is 11.3 Å². The van der Waals surface area contributed by atoms with E-state index in [0.29, 0.717) is 12.5 Å². The quantitative estimate of drug-likeness (QED) is 0.445. The Bertz CT molecular complexity index is 1080. The lowest BCUT2D eigenvalue weighted by molar-refractivity contribution is -0.143. The Morgan fingerprint density at radius 2 is 1.87 bits per heavy atom. The number of aromatic nitrogens is 2. The van der Waals surface area contributed by atoms with Crippen LogP contribution in [0.5, 0.6) is 0 Å². The van der Waals surface area contributed by atoms with Gasteiger partial charge in [-0.05, 0) is 86.1 Å². The van der Waals surface area contributed by atoms with Gasteiger partial charge in [0.15, 0.2) is 5.13 Å². The number of nitrogens with zero attached hydrogens (tertiary/aromatic N) is 3. The highest BCUT2D eigenvalue weighted by Gasteiger charge is 2.56. The summed E-state index contributed by atoms with van der Waals surface area (Å²) in [6, 6.07) is 10.1. The van der Waals surface area contributed by atoms with Crippen molar-refractivity contribution in [2.45, 2.75) is 45.1 Å². The van der Waals surface area contributed by atoms with Gasteiger partial charge in [0.2, 0.25) is 5.91 Å². The van der Waals surface area contributed by atoms with Crippen LogP contribution in [0, 0.1) is 23.2 Å². The second kappa shape index (κ2) is 7.13. The van der Waals surface area contributed by atoms with Crippen LogP contribution in [0.4, 0.5) is 5.13 Å². The average Bonchev–Trinajstić information content (AvgIpc) is 3.14. The van der Waals surface area contributed by atoms with Gasteiger partial charge < -0.3 is 0 Å². The zero-order valence-electron chi connectivity index (χ0n) is 16.8. The third-order valence-corrected chi connectivity index (χ3v) is 8.91. The molecule has 0 aliphatic heterocycles. The zero-order valence-corrected chi connectivity index (χ0v) is 19.2. The first-order valence-electron chi connectivity index (χ1n) is 10.8. The molecule has 0 atom stereocenters. The molecule has 2 aromatic heterocycles. The molecule has 0 N–H and O–H groups in total. The minimum atomic E-state index is -0.185. The molecule has 0 unspecified atom stereocenters. The number of carbonyl (C=O) groups excluding carboxylic acids is 1. The van der Waals surface area contributed by atoms with Crippen molar-refractivity contribution in [3.8, 4) is 0 Å². The van der Waals surface area contributed by atoms with Crippen LogP contribution < -0.4 is 4.90 Å². The number of hydrogen-bond donors (Lipinski definition) is 0. The Balaban J connectivity index is 1.41. The van der Waals surface area contributed by atoms with Crippen molar-refractivity contribution in [2.24, 2.45) is 23.2 Å². The van der Waals surface area contributed by atoms with Gasteiger partial charge in [-0.15, -0.1) is 0 Å². The van der Waals surface area contributed by atoms with Crippen LogP contribution in [0.15, 0.2) is 47.2 Å². The molecule has 4 saturated carbocycles. The Morgan fingerprint density at radius 3 is 2.53 bits per heavy atom. The number of amides is 1. The number of thiazole rings is 1. The predicted molar refractivity (Wildman–Crippen MR) is 123 cm³/mol. The molecule has 4 fully saturated rings. The van der Waals surface area contributed by atoms with Gasteiger partial charge in [0, 0.05) is 16.9 Å². The van der Waals surface area contributed by atoms with Crippen molar-refractivity contribution in [3.05, 3.63) is 52.8 Å². The minimum Gasteiger partial charge on any atom is -0.283 e. The van der Waals surface area contributed by atoms with Gasteiger partial charge >= 0.3 is 0 Å². The Labute approximate surface area is 188 Å². The smallest absolute Gasteiger partial charge is 0.235 e. The van der Waals surface area contributed by atoms with Crippen molar-refractivity contribution >= 4 is 48.5 Å². The maximum Gasteiger partial charge on any atom is 0.235 e. The zero-order chi connectivity index (χ0) is 20.3. The molecule has 0 spiro atoms. The van der Waals surface area contributed by atoms with Gasteiger partial charge in [0.1, 0.15) is 0 Å². The van der Waals surface area contributed by atoms with Crippen LogP contribution >= 0.6 is 27.3 Å². The molecule has 4 nitrogen and oxygen atoms in total. The summed E-state index contributed by atoms with van der Waals surface area (Å²) >= 11 is 5.17. The highest BCUT2D eigenvalue weighted by atomic mass is 79.9. The molecule has 1 amide bonds. The molecule has 1 aromatic carbocycles. The van der Waals surface area contributed by atoms with E-state index >= 15 is 0 Å². The molecule has 6 heteroatoms. The molecule has 2 heterocycles. The monoisotopic (exact) mass is 481 g/mol. The first-order chi connectivity index (χ1) is 14.6. The van der Waals surface area contributed by atoms with Crippen molar-refractivity contribution < 1.29 is 4.79 Å². The number of halogens is 1. The second-order valence-electron chi connectivity index (χ2n) is 9.56. The van der Waals surface area contributed by atoms with Crippen molar-refractivity contribution in [1.29, 1.82) is 0 Å². The van der Waals surface area contributed by atoms with Crippen molar-refractivity contribution in [1.82, 2.24) is 9.97 Å². The average molecular weight is 482 g/mol. The van der Waals surface area contributed by atoms with Gasteiger partial charge in [-0.25, -0.2) is 4.98 Å². The topological polar surface area (TPSA) is 46.1 Å². The first-order valence-corrected chi connectivity index (χ1v) is 12.5. The van der Waals surface area contributed by atoms with Crippen LogP contribution in [0.1, 0.15) is 44.1 Å². The maximum atomic E-state index is 14.2. The van der Waals surface area contributed by atoms with Gasteiger partial charge in [-0.3, -0.25) is 14.7 Å². The highest BCUT2D eigenvalue weighted by Crippen LogP contribution is 2.60. The molecule has 4 bridgehead atoms. The number of pyridine rings is 1. The third-order valence-electron chi connectivity index (χ3n) is 7.37. The Kier molecular flexibility index (Phi) is 4.50. The van der Waals surface area contributed by atoms with E-state index in [9.17, 15) is 4.79 Å². The Morgan fingerprint density at radius 1 is 1.13 bits per heavy atom. The van der Waals surface area contributed by atoms with E-state index in [1.807, 2.05) is 29.3 Å². The summed E-state index contributed by atoms with van der Waals surface area (Å²) in [7, 11) is 0. The predicted octanol–water partition coefficient (Wildman–Crippen LogP) is 6.20. The molecule has 7 rings (SSSR count). The van der Waals surface area contributed by atoms with Crippen molar-refractivity contribution in [2.75, 3.05) is 4.90 Å². The van der Waals surface area contributed by atoms with Gasteiger partial charge in [0.05, 0.1) is 22.2 Å². The van der Waals surface area contributed by atoms with E-state index in [1.165, 1.54) is 19.3 Å². The first kappa shape index (κ1) is 18.9. The lowest BCUT2D eigenvalue weighted by Gasteiger charge is -2.56. The molecular weight excluding hydrogens is 458 g/mol. The molecule has 3 aromatic rings. The molecule has 0 saturated heterocycles. The summed E-state index contributed by atoms with van der Waals surface area (Å²) in [6.07, 6.45) is 10.9. The van der Waals surface area contributed by atoms with Crippen LogP contribution in [-0.4, -0.2) is 15.9 Å². The Hall–Kier alpha value is -1.79. The van der Waals surface area contributed by atoms with E-state index in [1.54, 1.807) is 17.5 Å². The summed E-state index contributed by atoms with van der Waals surface area (Å²) in [6.45, 7) is 0.537. The number of benzene rings is 1. The fourth-order valence-corrected chi connectivity index (χ4v) is 8.08. The lowest BCUT2D eigenvalue weighted by atomic mass is 9.49. The van der Waals surface area contributed by atoms with Crippen molar-refractivity contribution in [3.63, 3.8) is 0 Å². The van der Waals surface area contributed by atoms with Crippen LogP contribution in [0.25, 0.3) is 10.2 Å². The third kappa shape index (κ3) is 3.19. The number of carbonyl (C=O) groups is 1. The van der Waals surface area contributed by atoms with Gasteiger partial charge in [-0.1, -0.05) is 33.3 Å². The lowest BCUT2D eigenvalue weighted by Crippen LogP contribution is -2.54. The largest absolute Gasteiger partial charge is 0.283 e. The van der Waals surface area contributed by atoms with Crippen LogP contribution in [0.2, 0.25) is 0 Å². The van der Waals surface area contributed by atoms with E-state index in [-0.39, 0.29) is 5.41 Å². The van der Waals surface area contributed by atoms with Gasteiger partial charge in [-0.2, -0.15) is 0 Å². The number of hydrogen-bond acceptors (Lipinski definition) is 4. The summed E-state index contributed by atoms with van der Waals surface area (Å²) in [5.41, 5.74) is 1.82. The normalized spacial score (nSPS) is 29.4. The highest BCUT2D eigenvalue weighted by molar-refractivity contribution is 9.10. The van der Waals surface area contributed by atoms with E-state index in [4.69, 9.17) is 4.98 Å². The number of anilines is 1. The molecule has 4 aliphatic carbocycles. The number of fused-ring (bicyclic) bond motifs is 1. The standard InChI is InChI=1S/C24H24BrN3OS/c25-19-3-4-20-21(9-19)30-23(27-20)28(14-15-2-1-5-26-13-15)22(29)24-10-16-6-17(11-24)8-18(7-16)12-24/h1-5,9,13,16-18H,6-8,10-12,14H2. The fraction of sp³-hybridized carbons (Fsp3) is 0.458. The van der Waals surface area contributed by atoms with E-state index < -0.39 is 0 Å². The maximum absolute atomic E-state index is 14.2. The van der Waals surface area contributed by atoms with E-state index in [2.05, 4.69) is 33.0 Å². The molecule has 4 aliphatic rings. The SMILES string of the molecule is O=C(N(Cc1cccnc1)c1nc2ccc(Br)cc2s1)C12CC3CC(CC(C3)C1)C2. The second-order valence-corrected chi connectivity index (χ2v) is 11.5. The number of rotatable bonds is 4. The van der Waals surface area contributed by atoms with Gasteiger partial charge in [0.25, 0.3) is 0 Å². The fourth-order valence-electron chi connectivity index (χ4n) is 6.56.